The molecule has 2 rings (SSSR count). The maximum atomic E-state index is 13.0. The molecule has 1 aromatic heterocycles. The largest absolute Gasteiger partial charge is 0.408 e. The Hall–Kier alpha value is -0.850. The molecule has 4 nitrogen and oxygen atoms in total. The van der Waals surface area contributed by atoms with Crippen LogP contribution in [0.25, 0.3) is 0 Å². The van der Waals surface area contributed by atoms with E-state index < -0.39 is 5.82 Å². The number of halogens is 4. The molecule has 0 fully saturated rings. The maximum Gasteiger partial charge on any atom is 0.320 e. The van der Waals surface area contributed by atoms with E-state index >= 15 is 0 Å². The zero-order valence-electron chi connectivity index (χ0n) is 8.88. The van der Waals surface area contributed by atoms with Gasteiger partial charge in [0.1, 0.15) is 5.82 Å². The number of hydrogen-bond donors (Lipinski definition) is 1. The molecule has 1 aromatic carbocycles. The van der Waals surface area contributed by atoms with Crippen LogP contribution in [0, 0.1) is 5.82 Å². The van der Waals surface area contributed by atoms with E-state index in [9.17, 15) is 4.39 Å². The van der Waals surface area contributed by atoms with Crippen LogP contribution in [-0.4, -0.2) is 16.1 Å². The quantitative estimate of drug-likeness (QED) is 0.838. The normalized spacial score (nSPS) is 10.7. The highest BCUT2D eigenvalue weighted by molar-refractivity contribution is 9.10. The first-order chi connectivity index (χ1) is 8.60. The maximum absolute atomic E-state index is 13.0. The number of alkyl halides is 1. The molecule has 0 aliphatic heterocycles. The summed E-state index contributed by atoms with van der Waals surface area (Å²) in [7, 11) is 0. The van der Waals surface area contributed by atoms with Crippen molar-refractivity contribution in [2.24, 2.45) is 0 Å². The monoisotopic (exact) mass is 353 g/mol. The first kappa shape index (κ1) is 13.6. The van der Waals surface area contributed by atoms with Gasteiger partial charge in [-0.25, -0.2) is 4.39 Å². The lowest BCUT2D eigenvalue weighted by Crippen LogP contribution is -1.93. The summed E-state index contributed by atoms with van der Waals surface area (Å²) in [6.45, 7) is 0. The summed E-state index contributed by atoms with van der Waals surface area (Å²) in [5, 5.41) is 10.6. The summed E-state index contributed by atoms with van der Waals surface area (Å²) >= 11 is 14.7. The van der Waals surface area contributed by atoms with Gasteiger partial charge in [0.05, 0.1) is 10.7 Å². The van der Waals surface area contributed by atoms with Crippen molar-refractivity contribution in [3.8, 4) is 0 Å². The van der Waals surface area contributed by atoms with Crippen molar-refractivity contribution in [2.45, 2.75) is 6.42 Å². The summed E-state index contributed by atoms with van der Waals surface area (Å²) < 4.78 is 18.8. The molecule has 0 radical (unpaired) electrons. The molecule has 0 atom stereocenters. The van der Waals surface area contributed by atoms with Gasteiger partial charge in [-0.2, -0.15) is 0 Å². The second kappa shape index (κ2) is 5.86. The highest BCUT2D eigenvalue weighted by Gasteiger charge is 2.12. The minimum absolute atomic E-state index is 0.171. The number of rotatable bonds is 4. The van der Waals surface area contributed by atoms with E-state index in [1.807, 2.05) is 0 Å². The molecule has 2 aromatic rings. The summed E-state index contributed by atoms with van der Waals surface area (Å²) in [5.41, 5.74) is 0.458. The Balaban J connectivity index is 2.22. The fourth-order valence-corrected chi connectivity index (χ4v) is 2.32. The highest BCUT2D eigenvalue weighted by atomic mass is 79.9. The van der Waals surface area contributed by atoms with Crippen molar-refractivity contribution in [2.75, 3.05) is 11.2 Å². The van der Waals surface area contributed by atoms with Gasteiger partial charge < -0.3 is 9.73 Å². The van der Waals surface area contributed by atoms with Gasteiger partial charge in [-0.15, -0.1) is 16.7 Å². The van der Waals surface area contributed by atoms with E-state index in [1.165, 1.54) is 12.1 Å². The summed E-state index contributed by atoms with van der Waals surface area (Å²) in [6.07, 6.45) is 0.481. The predicted molar refractivity (Wildman–Crippen MR) is 71.1 cm³/mol. The number of nitrogens with zero attached hydrogens (tertiary/aromatic N) is 2. The number of aromatic nitrogens is 2. The Morgan fingerprint density at radius 2 is 2.17 bits per heavy atom. The SMILES string of the molecule is Fc1cc(Cl)c(Nc2nnc(CCCl)o2)c(Br)c1. The number of nitrogens with one attached hydrogen (secondary N) is 1. The molecule has 0 bridgehead atoms. The predicted octanol–water partition coefficient (Wildman–Crippen LogP) is 4.15. The van der Waals surface area contributed by atoms with Gasteiger partial charge in [0.25, 0.3) is 0 Å². The first-order valence-electron chi connectivity index (χ1n) is 4.90. The highest BCUT2D eigenvalue weighted by Crippen LogP contribution is 2.33. The molecule has 0 saturated heterocycles. The van der Waals surface area contributed by atoms with Crippen molar-refractivity contribution in [3.63, 3.8) is 0 Å². The van der Waals surface area contributed by atoms with Crippen molar-refractivity contribution in [1.82, 2.24) is 10.2 Å². The second-order valence-electron chi connectivity index (χ2n) is 3.31. The molecular weight excluding hydrogens is 348 g/mol. The fourth-order valence-electron chi connectivity index (χ4n) is 1.25. The van der Waals surface area contributed by atoms with Crippen LogP contribution in [0.1, 0.15) is 5.89 Å². The Kier molecular flexibility index (Phi) is 4.42. The third-order valence-electron chi connectivity index (χ3n) is 2.01. The van der Waals surface area contributed by atoms with Crippen molar-refractivity contribution >= 4 is 50.8 Å². The molecule has 8 heteroatoms. The van der Waals surface area contributed by atoms with E-state index in [2.05, 4.69) is 31.4 Å². The molecule has 1 N–H and O–H groups in total. The smallest absolute Gasteiger partial charge is 0.320 e. The first-order valence-corrected chi connectivity index (χ1v) is 6.60. The van der Waals surface area contributed by atoms with Crippen molar-refractivity contribution in [3.05, 3.63) is 33.3 Å². The molecule has 0 unspecified atom stereocenters. The lowest BCUT2D eigenvalue weighted by atomic mass is 10.3. The van der Waals surface area contributed by atoms with Crippen LogP contribution >= 0.6 is 39.1 Å². The van der Waals surface area contributed by atoms with Crippen LogP contribution in [0.4, 0.5) is 16.1 Å². The Labute approximate surface area is 121 Å². The van der Waals surface area contributed by atoms with Crippen LogP contribution in [0.5, 0.6) is 0 Å². The third kappa shape index (κ3) is 3.13. The van der Waals surface area contributed by atoms with Gasteiger partial charge in [-0.1, -0.05) is 16.7 Å². The van der Waals surface area contributed by atoms with Gasteiger partial charge in [0.2, 0.25) is 5.89 Å². The topological polar surface area (TPSA) is 51.0 Å². The summed E-state index contributed by atoms with van der Waals surface area (Å²) in [5.74, 6) is 0.371. The second-order valence-corrected chi connectivity index (χ2v) is 4.95. The molecular formula is C10H7BrCl2FN3O. The average molecular weight is 355 g/mol. The third-order valence-corrected chi connectivity index (χ3v) is 3.13. The molecule has 0 amide bonds. The standard InChI is InChI=1S/C10H7BrCl2FN3O/c11-6-3-5(14)4-7(13)9(6)15-10-17-16-8(18-10)1-2-12/h3-4H,1-2H2,(H,15,17). The fraction of sp³-hybridized carbons (Fsp3) is 0.200. The van der Waals surface area contributed by atoms with Gasteiger partial charge in [0, 0.05) is 16.8 Å². The Morgan fingerprint density at radius 3 is 2.83 bits per heavy atom. The molecule has 0 saturated carbocycles. The van der Waals surface area contributed by atoms with Crippen molar-refractivity contribution < 1.29 is 8.81 Å². The Bertz CT molecular complexity index is 541. The van der Waals surface area contributed by atoms with Gasteiger partial charge in [-0.05, 0) is 28.1 Å². The number of aryl methyl sites for hydroxylation is 1. The van der Waals surface area contributed by atoms with E-state index in [4.69, 9.17) is 27.6 Å². The van der Waals surface area contributed by atoms with Crippen LogP contribution in [0.2, 0.25) is 5.02 Å². The van der Waals surface area contributed by atoms with Gasteiger partial charge in [-0.3, -0.25) is 0 Å². The lowest BCUT2D eigenvalue weighted by molar-refractivity contribution is 0.516. The molecule has 0 aliphatic rings. The minimum atomic E-state index is -0.439. The summed E-state index contributed by atoms with van der Waals surface area (Å²) in [4.78, 5) is 0. The van der Waals surface area contributed by atoms with Crippen LogP contribution in [0.15, 0.2) is 21.0 Å². The molecule has 0 spiro atoms. The van der Waals surface area contributed by atoms with Crippen LogP contribution < -0.4 is 5.32 Å². The average Bonchev–Trinajstić information content (AvgIpc) is 2.72. The number of anilines is 2. The van der Waals surface area contributed by atoms with Gasteiger partial charge >= 0.3 is 6.01 Å². The van der Waals surface area contributed by atoms with E-state index in [0.717, 1.165) is 0 Å². The van der Waals surface area contributed by atoms with E-state index in [-0.39, 0.29) is 11.0 Å². The van der Waals surface area contributed by atoms with Gasteiger partial charge in [0.15, 0.2) is 0 Å². The molecule has 0 aliphatic carbocycles. The Morgan fingerprint density at radius 1 is 1.39 bits per heavy atom. The zero-order valence-corrected chi connectivity index (χ0v) is 12.0. The molecule has 96 valence electrons. The lowest BCUT2D eigenvalue weighted by Gasteiger charge is -2.06. The van der Waals surface area contributed by atoms with E-state index in [0.29, 0.717) is 28.4 Å². The zero-order chi connectivity index (χ0) is 13.1. The molecule has 1 heterocycles. The van der Waals surface area contributed by atoms with E-state index in [1.54, 1.807) is 0 Å². The van der Waals surface area contributed by atoms with Crippen LogP contribution in [0.3, 0.4) is 0 Å². The number of benzene rings is 1. The van der Waals surface area contributed by atoms with Crippen LogP contribution in [-0.2, 0) is 6.42 Å². The number of hydrogen-bond acceptors (Lipinski definition) is 4. The van der Waals surface area contributed by atoms with Crippen molar-refractivity contribution in [1.29, 1.82) is 0 Å². The minimum Gasteiger partial charge on any atom is -0.408 e. The molecule has 18 heavy (non-hydrogen) atoms. The summed E-state index contributed by atoms with van der Waals surface area (Å²) in [6, 6.07) is 2.64.